The highest BCUT2D eigenvalue weighted by Gasteiger charge is 2.21. The van der Waals surface area contributed by atoms with Gasteiger partial charge in [-0.3, -0.25) is 0 Å². The predicted octanol–water partition coefficient (Wildman–Crippen LogP) is 2.63. The quantitative estimate of drug-likeness (QED) is 0.941. The molecule has 1 aliphatic rings. The zero-order valence-corrected chi connectivity index (χ0v) is 12.7. The maximum absolute atomic E-state index is 4.49. The molecule has 5 nitrogen and oxygen atoms in total. The first-order chi connectivity index (χ1) is 9.70. The molecule has 0 aromatic carbocycles. The normalized spacial score (nSPS) is 16.4. The Morgan fingerprint density at radius 1 is 1.20 bits per heavy atom. The zero-order chi connectivity index (χ0) is 13.9. The number of hydrogen-bond donors (Lipinski definition) is 1. The van der Waals surface area contributed by atoms with Gasteiger partial charge in [0, 0.05) is 36.4 Å². The Labute approximate surface area is 123 Å². The lowest BCUT2D eigenvalue weighted by Gasteiger charge is -2.32. The number of thiazole rings is 1. The van der Waals surface area contributed by atoms with Gasteiger partial charge in [-0.05, 0) is 32.8 Å². The van der Waals surface area contributed by atoms with Crippen LogP contribution in [0.25, 0.3) is 0 Å². The minimum Gasteiger partial charge on any atom is -0.359 e. The fourth-order valence-electron chi connectivity index (χ4n) is 2.41. The highest BCUT2D eigenvalue weighted by Crippen LogP contribution is 2.21. The van der Waals surface area contributed by atoms with Crippen LogP contribution >= 0.6 is 11.3 Å². The summed E-state index contributed by atoms with van der Waals surface area (Å²) >= 11 is 1.68. The summed E-state index contributed by atoms with van der Waals surface area (Å²) in [5, 5.41) is 6.64. The maximum atomic E-state index is 4.49. The van der Waals surface area contributed by atoms with Gasteiger partial charge >= 0.3 is 0 Å². The second-order valence-electron chi connectivity index (χ2n) is 5.20. The van der Waals surface area contributed by atoms with Gasteiger partial charge in [-0.25, -0.2) is 15.0 Å². The first-order valence-electron chi connectivity index (χ1n) is 6.94. The number of piperidine rings is 1. The zero-order valence-electron chi connectivity index (χ0n) is 11.8. The molecular weight excluding hydrogens is 270 g/mol. The van der Waals surface area contributed by atoms with E-state index in [1.807, 2.05) is 26.1 Å². The Kier molecular flexibility index (Phi) is 3.82. The lowest BCUT2D eigenvalue weighted by molar-refractivity contribution is 0.519. The third kappa shape index (κ3) is 3.07. The van der Waals surface area contributed by atoms with Crippen molar-refractivity contribution in [2.45, 2.75) is 32.7 Å². The van der Waals surface area contributed by atoms with E-state index in [2.05, 4.69) is 30.5 Å². The lowest BCUT2D eigenvalue weighted by atomic mass is 10.1. The van der Waals surface area contributed by atoms with E-state index >= 15 is 0 Å². The molecule has 3 rings (SSSR count). The molecule has 0 atom stereocenters. The Bertz CT molecular complexity index is 574. The van der Waals surface area contributed by atoms with E-state index in [9.17, 15) is 0 Å². The van der Waals surface area contributed by atoms with Crippen molar-refractivity contribution in [3.05, 3.63) is 29.0 Å². The molecule has 1 N–H and O–H groups in total. The summed E-state index contributed by atoms with van der Waals surface area (Å²) in [5.74, 6) is 0.855. The minimum absolute atomic E-state index is 0.501. The summed E-state index contributed by atoms with van der Waals surface area (Å²) in [7, 11) is 0. The predicted molar refractivity (Wildman–Crippen MR) is 82.5 cm³/mol. The van der Waals surface area contributed by atoms with Crippen LogP contribution < -0.4 is 10.2 Å². The van der Waals surface area contributed by atoms with Gasteiger partial charge < -0.3 is 10.2 Å². The highest BCUT2D eigenvalue weighted by molar-refractivity contribution is 7.13. The molecule has 2 aromatic rings. The molecule has 106 valence electrons. The Hall–Kier alpha value is -1.69. The summed E-state index contributed by atoms with van der Waals surface area (Å²) in [6.07, 6.45) is 4.02. The number of aromatic nitrogens is 3. The van der Waals surface area contributed by atoms with E-state index in [-0.39, 0.29) is 0 Å². The number of aryl methyl sites for hydroxylation is 2. The van der Waals surface area contributed by atoms with Crippen molar-refractivity contribution in [2.75, 3.05) is 23.3 Å². The molecule has 6 heteroatoms. The van der Waals surface area contributed by atoms with Gasteiger partial charge in [0.25, 0.3) is 0 Å². The monoisotopic (exact) mass is 289 g/mol. The van der Waals surface area contributed by atoms with Crippen molar-refractivity contribution < 1.29 is 0 Å². The molecule has 0 amide bonds. The summed E-state index contributed by atoms with van der Waals surface area (Å²) in [6, 6.07) is 2.43. The van der Waals surface area contributed by atoms with Crippen molar-refractivity contribution in [2.24, 2.45) is 0 Å². The summed E-state index contributed by atoms with van der Waals surface area (Å²) in [5.41, 5.74) is 2.11. The molecule has 0 spiro atoms. The average molecular weight is 289 g/mol. The number of hydrogen-bond acceptors (Lipinski definition) is 6. The number of anilines is 2. The second kappa shape index (κ2) is 5.75. The Morgan fingerprint density at radius 3 is 2.65 bits per heavy atom. The molecule has 20 heavy (non-hydrogen) atoms. The van der Waals surface area contributed by atoms with E-state index in [0.717, 1.165) is 48.4 Å². The van der Waals surface area contributed by atoms with Gasteiger partial charge in [0.2, 0.25) is 5.95 Å². The number of nitrogens with one attached hydrogen (secondary N) is 1. The third-order valence-corrected chi connectivity index (χ3v) is 4.40. The fourth-order valence-corrected chi connectivity index (χ4v) is 3.17. The Balaban J connectivity index is 1.57. The standard InChI is InChI=1S/C14H19N5S/c1-10-3-6-15-13(16-10)19-7-4-12(5-8-19)18-14-17-11(2)9-20-14/h3,6,9,12H,4-5,7-8H2,1-2H3,(H,17,18). The maximum Gasteiger partial charge on any atom is 0.225 e. The van der Waals surface area contributed by atoms with Crippen LogP contribution in [0, 0.1) is 13.8 Å². The first kappa shape index (κ1) is 13.3. The van der Waals surface area contributed by atoms with Gasteiger partial charge in [0.1, 0.15) is 0 Å². The van der Waals surface area contributed by atoms with Crippen LogP contribution in [0.5, 0.6) is 0 Å². The second-order valence-corrected chi connectivity index (χ2v) is 6.06. The lowest BCUT2D eigenvalue weighted by Crippen LogP contribution is -2.40. The molecule has 1 saturated heterocycles. The van der Waals surface area contributed by atoms with Gasteiger partial charge in [-0.15, -0.1) is 11.3 Å². The highest BCUT2D eigenvalue weighted by atomic mass is 32.1. The van der Waals surface area contributed by atoms with Crippen LogP contribution in [0.1, 0.15) is 24.2 Å². The van der Waals surface area contributed by atoms with Gasteiger partial charge in [-0.1, -0.05) is 0 Å². The van der Waals surface area contributed by atoms with E-state index < -0.39 is 0 Å². The first-order valence-corrected chi connectivity index (χ1v) is 7.82. The third-order valence-electron chi connectivity index (χ3n) is 3.51. The van der Waals surface area contributed by atoms with Crippen LogP contribution in [-0.2, 0) is 0 Å². The van der Waals surface area contributed by atoms with Gasteiger partial charge in [0.15, 0.2) is 5.13 Å². The molecule has 0 radical (unpaired) electrons. The van der Waals surface area contributed by atoms with Crippen molar-refractivity contribution in [1.82, 2.24) is 15.0 Å². The molecule has 0 aliphatic carbocycles. The fraction of sp³-hybridized carbons (Fsp3) is 0.500. The van der Waals surface area contributed by atoms with Crippen LogP contribution in [-0.4, -0.2) is 34.1 Å². The smallest absolute Gasteiger partial charge is 0.225 e. The topological polar surface area (TPSA) is 53.9 Å². The van der Waals surface area contributed by atoms with Crippen molar-refractivity contribution in [3.63, 3.8) is 0 Å². The summed E-state index contributed by atoms with van der Waals surface area (Å²) < 4.78 is 0. The summed E-state index contributed by atoms with van der Waals surface area (Å²) in [4.78, 5) is 15.6. The Morgan fingerprint density at radius 2 is 2.00 bits per heavy atom. The van der Waals surface area contributed by atoms with E-state index in [4.69, 9.17) is 0 Å². The van der Waals surface area contributed by atoms with Crippen LogP contribution in [0.4, 0.5) is 11.1 Å². The molecule has 1 aliphatic heterocycles. The van der Waals surface area contributed by atoms with E-state index in [1.165, 1.54) is 0 Å². The number of nitrogens with zero attached hydrogens (tertiary/aromatic N) is 4. The molecule has 0 unspecified atom stereocenters. The van der Waals surface area contributed by atoms with E-state index in [1.54, 1.807) is 11.3 Å². The average Bonchev–Trinajstić information content (AvgIpc) is 2.85. The summed E-state index contributed by atoms with van der Waals surface area (Å²) in [6.45, 7) is 6.01. The van der Waals surface area contributed by atoms with Crippen LogP contribution in [0.2, 0.25) is 0 Å². The molecule has 2 aromatic heterocycles. The van der Waals surface area contributed by atoms with E-state index in [0.29, 0.717) is 6.04 Å². The van der Waals surface area contributed by atoms with Gasteiger partial charge in [0.05, 0.1) is 5.69 Å². The largest absolute Gasteiger partial charge is 0.359 e. The van der Waals surface area contributed by atoms with Crippen molar-refractivity contribution in [3.8, 4) is 0 Å². The molecule has 0 saturated carbocycles. The van der Waals surface area contributed by atoms with Crippen molar-refractivity contribution in [1.29, 1.82) is 0 Å². The number of rotatable bonds is 3. The molecule has 3 heterocycles. The minimum atomic E-state index is 0.501. The van der Waals surface area contributed by atoms with Crippen molar-refractivity contribution >= 4 is 22.4 Å². The molecular formula is C14H19N5S. The van der Waals surface area contributed by atoms with Gasteiger partial charge in [-0.2, -0.15) is 0 Å². The molecule has 1 fully saturated rings. The van der Waals surface area contributed by atoms with Crippen LogP contribution in [0.15, 0.2) is 17.6 Å². The van der Waals surface area contributed by atoms with Crippen LogP contribution in [0.3, 0.4) is 0 Å². The SMILES string of the molecule is Cc1ccnc(N2CCC(Nc3nc(C)cs3)CC2)n1. The molecule has 0 bridgehead atoms.